The van der Waals surface area contributed by atoms with E-state index in [-0.39, 0.29) is 5.56 Å². The maximum absolute atomic E-state index is 11.4. The molecule has 0 fully saturated rings. The first kappa shape index (κ1) is 11.7. The van der Waals surface area contributed by atoms with Gasteiger partial charge in [-0.2, -0.15) is 0 Å². The van der Waals surface area contributed by atoms with Crippen LogP contribution in [0.3, 0.4) is 0 Å². The molecular formula is C11H12N4OS. The van der Waals surface area contributed by atoms with E-state index in [4.69, 9.17) is 5.73 Å². The van der Waals surface area contributed by atoms with Gasteiger partial charge >= 0.3 is 0 Å². The number of hydrogen-bond acceptors (Lipinski definition) is 5. The van der Waals surface area contributed by atoms with Crippen LogP contribution in [0.5, 0.6) is 0 Å². The largest absolute Gasteiger partial charge is 0.397 e. The number of rotatable bonds is 3. The Morgan fingerprint density at radius 2 is 2.35 bits per heavy atom. The summed E-state index contributed by atoms with van der Waals surface area (Å²) in [5.74, 6) is 0.674. The lowest BCUT2D eigenvalue weighted by Crippen LogP contribution is -2.10. The molecule has 0 atom stereocenters. The van der Waals surface area contributed by atoms with Crippen LogP contribution in [0.2, 0.25) is 0 Å². The summed E-state index contributed by atoms with van der Waals surface area (Å²) in [4.78, 5) is 23.1. The summed E-state index contributed by atoms with van der Waals surface area (Å²) in [6.45, 7) is 1.94. The van der Waals surface area contributed by atoms with Crippen molar-refractivity contribution in [2.75, 3.05) is 5.73 Å². The van der Waals surface area contributed by atoms with Gasteiger partial charge in [-0.05, 0) is 6.07 Å². The van der Waals surface area contributed by atoms with Crippen LogP contribution < -0.4 is 11.3 Å². The fraction of sp³-hybridized carbons (Fsp3) is 0.182. The Balaban J connectivity index is 2.33. The number of nitrogens with two attached hydrogens (primary N) is 1. The van der Waals surface area contributed by atoms with Gasteiger partial charge in [0.2, 0.25) is 0 Å². The van der Waals surface area contributed by atoms with E-state index in [1.165, 1.54) is 17.8 Å². The molecule has 0 unspecified atom stereocenters. The zero-order valence-corrected chi connectivity index (χ0v) is 10.1. The van der Waals surface area contributed by atoms with E-state index in [0.717, 1.165) is 4.90 Å². The summed E-state index contributed by atoms with van der Waals surface area (Å²) in [5, 5.41) is 0.642. The van der Waals surface area contributed by atoms with Crippen LogP contribution in [0.25, 0.3) is 0 Å². The lowest BCUT2D eigenvalue weighted by molar-refractivity contribution is 0.870. The molecule has 2 aromatic heterocycles. The first-order chi connectivity index (χ1) is 8.19. The molecule has 0 aromatic carbocycles. The van der Waals surface area contributed by atoms with Gasteiger partial charge in [-0.3, -0.25) is 9.78 Å². The van der Waals surface area contributed by atoms with Crippen molar-refractivity contribution < 1.29 is 0 Å². The molecule has 0 spiro atoms. The smallest absolute Gasteiger partial charge is 0.251 e. The summed E-state index contributed by atoms with van der Waals surface area (Å²) in [5.41, 5.74) is 6.21. The third-order valence-electron chi connectivity index (χ3n) is 2.13. The fourth-order valence-corrected chi connectivity index (χ4v) is 2.15. The molecule has 3 N–H and O–H groups in total. The molecule has 0 saturated heterocycles. The minimum Gasteiger partial charge on any atom is -0.397 e. The maximum atomic E-state index is 11.4. The van der Waals surface area contributed by atoms with Crippen molar-refractivity contribution in [3.05, 3.63) is 40.7 Å². The van der Waals surface area contributed by atoms with Gasteiger partial charge in [0.25, 0.3) is 5.56 Å². The Kier molecular flexibility index (Phi) is 3.43. The van der Waals surface area contributed by atoms with Gasteiger partial charge in [-0.15, -0.1) is 0 Å². The number of hydrogen-bond donors (Lipinski definition) is 2. The molecule has 0 radical (unpaired) electrons. The van der Waals surface area contributed by atoms with Gasteiger partial charge in [0.1, 0.15) is 10.9 Å². The van der Waals surface area contributed by atoms with Crippen LogP contribution in [0.15, 0.2) is 39.2 Å². The maximum Gasteiger partial charge on any atom is 0.251 e. The highest BCUT2D eigenvalue weighted by molar-refractivity contribution is 7.99. The SMILES string of the molecule is CCc1nc(Sc2ccncc2N)cc(=O)[nH]1. The van der Waals surface area contributed by atoms with Crippen molar-refractivity contribution in [3.8, 4) is 0 Å². The van der Waals surface area contributed by atoms with Gasteiger partial charge in [-0.1, -0.05) is 18.7 Å². The van der Waals surface area contributed by atoms with Crippen molar-refractivity contribution in [2.45, 2.75) is 23.3 Å². The fourth-order valence-electron chi connectivity index (χ4n) is 1.30. The molecule has 0 aliphatic rings. The number of pyridine rings is 1. The quantitative estimate of drug-likeness (QED) is 0.803. The second-order valence-electron chi connectivity index (χ2n) is 3.40. The van der Waals surface area contributed by atoms with Gasteiger partial charge in [0, 0.05) is 23.6 Å². The number of nitrogen functional groups attached to an aromatic ring is 1. The molecule has 88 valence electrons. The molecule has 0 saturated carbocycles. The summed E-state index contributed by atoms with van der Waals surface area (Å²) >= 11 is 1.36. The Morgan fingerprint density at radius 3 is 3.06 bits per heavy atom. The standard InChI is InChI=1S/C11H12N4OS/c1-2-9-14-10(16)5-11(15-9)17-8-3-4-13-6-7(8)12/h3-6H,2,12H2,1H3,(H,14,15,16). The van der Waals surface area contributed by atoms with Crippen molar-refractivity contribution in [1.29, 1.82) is 0 Å². The van der Waals surface area contributed by atoms with E-state index >= 15 is 0 Å². The third-order valence-corrected chi connectivity index (χ3v) is 3.14. The zero-order valence-electron chi connectivity index (χ0n) is 9.30. The van der Waals surface area contributed by atoms with Gasteiger partial charge in [-0.25, -0.2) is 4.98 Å². The van der Waals surface area contributed by atoms with Crippen LogP contribution >= 0.6 is 11.8 Å². The second-order valence-corrected chi connectivity index (χ2v) is 4.46. The molecule has 6 heteroatoms. The summed E-state index contributed by atoms with van der Waals surface area (Å²) < 4.78 is 0. The zero-order chi connectivity index (χ0) is 12.3. The number of aryl methyl sites for hydroxylation is 1. The van der Waals surface area contributed by atoms with Gasteiger partial charge in [0.15, 0.2) is 0 Å². The lowest BCUT2D eigenvalue weighted by Gasteiger charge is -2.04. The van der Waals surface area contributed by atoms with Crippen molar-refractivity contribution in [2.24, 2.45) is 0 Å². The molecular weight excluding hydrogens is 236 g/mol. The first-order valence-electron chi connectivity index (χ1n) is 5.16. The second kappa shape index (κ2) is 5.01. The van der Waals surface area contributed by atoms with E-state index in [0.29, 0.717) is 23.0 Å². The molecule has 0 amide bonds. The monoisotopic (exact) mass is 248 g/mol. The molecule has 5 nitrogen and oxygen atoms in total. The van der Waals surface area contributed by atoms with Crippen molar-refractivity contribution in [3.63, 3.8) is 0 Å². The third kappa shape index (κ3) is 2.85. The number of anilines is 1. The molecule has 17 heavy (non-hydrogen) atoms. The van der Waals surface area contributed by atoms with Crippen molar-refractivity contribution >= 4 is 17.4 Å². The molecule has 2 heterocycles. The first-order valence-corrected chi connectivity index (χ1v) is 5.98. The predicted molar refractivity (Wildman–Crippen MR) is 67.0 cm³/mol. The van der Waals surface area contributed by atoms with E-state index in [2.05, 4.69) is 15.0 Å². The summed E-state index contributed by atoms with van der Waals surface area (Å²) in [6.07, 6.45) is 3.93. The van der Waals surface area contributed by atoms with E-state index < -0.39 is 0 Å². The average Bonchev–Trinajstić information content (AvgIpc) is 2.31. The Labute approximate surface area is 103 Å². The number of nitrogens with zero attached hydrogens (tertiary/aromatic N) is 2. The summed E-state index contributed by atoms with van der Waals surface area (Å²) in [6, 6.07) is 3.26. The molecule has 2 rings (SSSR count). The topological polar surface area (TPSA) is 84.7 Å². The van der Waals surface area contributed by atoms with E-state index in [1.54, 1.807) is 18.5 Å². The van der Waals surface area contributed by atoms with Crippen LogP contribution in [-0.4, -0.2) is 15.0 Å². The van der Waals surface area contributed by atoms with Gasteiger partial charge in [0.05, 0.1) is 11.9 Å². The van der Waals surface area contributed by atoms with E-state index in [9.17, 15) is 4.79 Å². The number of nitrogens with one attached hydrogen (secondary N) is 1. The molecule has 2 aromatic rings. The van der Waals surface area contributed by atoms with Crippen LogP contribution in [0.4, 0.5) is 5.69 Å². The van der Waals surface area contributed by atoms with Crippen LogP contribution in [-0.2, 0) is 6.42 Å². The van der Waals surface area contributed by atoms with Crippen LogP contribution in [0, 0.1) is 0 Å². The highest BCUT2D eigenvalue weighted by atomic mass is 32.2. The predicted octanol–water partition coefficient (Wildman–Crippen LogP) is 1.46. The Bertz CT molecular complexity index is 582. The summed E-state index contributed by atoms with van der Waals surface area (Å²) in [7, 11) is 0. The Morgan fingerprint density at radius 1 is 1.53 bits per heavy atom. The Hall–Kier alpha value is -1.82. The number of aromatic nitrogens is 3. The minimum atomic E-state index is -0.146. The highest BCUT2D eigenvalue weighted by Crippen LogP contribution is 2.29. The van der Waals surface area contributed by atoms with Crippen LogP contribution in [0.1, 0.15) is 12.7 Å². The average molecular weight is 248 g/mol. The molecule has 0 aliphatic heterocycles. The lowest BCUT2D eigenvalue weighted by atomic mass is 10.4. The molecule has 0 aliphatic carbocycles. The van der Waals surface area contributed by atoms with Crippen molar-refractivity contribution in [1.82, 2.24) is 15.0 Å². The highest BCUT2D eigenvalue weighted by Gasteiger charge is 2.05. The van der Waals surface area contributed by atoms with E-state index in [1.807, 2.05) is 6.92 Å². The number of H-pyrrole nitrogens is 1. The minimum absolute atomic E-state index is 0.146. The number of aromatic amines is 1. The normalized spacial score (nSPS) is 10.4. The molecule has 0 bridgehead atoms. The van der Waals surface area contributed by atoms with Gasteiger partial charge < -0.3 is 10.7 Å².